The number of nitrogens with one attached hydrogen (secondary N) is 1. The van der Waals surface area contributed by atoms with Crippen LogP contribution in [0, 0.1) is 12.7 Å². The Morgan fingerprint density at radius 1 is 1.26 bits per heavy atom. The fourth-order valence-electron chi connectivity index (χ4n) is 2.95. The number of ether oxygens (including phenoxy) is 1. The topological polar surface area (TPSA) is 82.2 Å². The van der Waals surface area contributed by atoms with E-state index in [1.165, 1.54) is 18.3 Å². The lowest BCUT2D eigenvalue weighted by atomic mass is 10.2. The predicted octanol–water partition coefficient (Wildman–Crippen LogP) is 4.85. The summed E-state index contributed by atoms with van der Waals surface area (Å²) in [7, 11) is 0. The molecule has 2 heterocycles. The molecule has 0 radical (unpaired) electrons. The minimum Gasteiger partial charge on any atom is -0.489 e. The SMILES string of the molecule is Cc1onc(C(=O)Nc2cnn(Cc3cccc(F)c3)c2)c1COc1ccc(Cl)cc1. The van der Waals surface area contributed by atoms with Gasteiger partial charge in [-0.25, -0.2) is 4.39 Å². The van der Waals surface area contributed by atoms with Gasteiger partial charge in [0.2, 0.25) is 0 Å². The molecule has 31 heavy (non-hydrogen) atoms. The van der Waals surface area contributed by atoms with Crippen molar-refractivity contribution in [1.82, 2.24) is 14.9 Å². The number of rotatable bonds is 7. The molecule has 4 aromatic rings. The molecule has 9 heteroatoms. The average molecular weight is 441 g/mol. The first-order valence-electron chi connectivity index (χ1n) is 9.40. The van der Waals surface area contributed by atoms with Crippen LogP contribution in [0.15, 0.2) is 65.4 Å². The van der Waals surface area contributed by atoms with Crippen molar-refractivity contribution in [3.8, 4) is 5.75 Å². The summed E-state index contributed by atoms with van der Waals surface area (Å²) in [5, 5.41) is 11.4. The van der Waals surface area contributed by atoms with Crippen LogP contribution in [0.25, 0.3) is 0 Å². The van der Waals surface area contributed by atoms with Crippen molar-refractivity contribution < 1.29 is 18.4 Å². The van der Waals surface area contributed by atoms with E-state index in [-0.39, 0.29) is 18.1 Å². The third-order valence-electron chi connectivity index (χ3n) is 4.52. The van der Waals surface area contributed by atoms with Gasteiger partial charge in [-0.1, -0.05) is 28.9 Å². The first-order valence-corrected chi connectivity index (χ1v) is 9.77. The van der Waals surface area contributed by atoms with Crippen LogP contribution in [0.3, 0.4) is 0 Å². The highest BCUT2D eigenvalue weighted by molar-refractivity contribution is 6.30. The summed E-state index contributed by atoms with van der Waals surface area (Å²) >= 11 is 5.88. The Balaban J connectivity index is 1.42. The first kappa shape index (κ1) is 20.6. The molecule has 2 aromatic carbocycles. The van der Waals surface area contributed by atoms with Gasteiger partial charge in [0.05, 0.1) is 24.0 Å². The lowest BCUT2D eigenvalue weighted by Gasteiger charge is -2.07. The number of hydrogen-bond donors (Lipinski definition) is 1. The molecule has 158 valence electrons. The molecular weight excluding hydrogens is 423 g/mol. The molecule has 1 N–H and O–H groups in total. The highest BCUT2D eigenvalue weighted by Crippen LogP contribution is 2.21. The van der Waals surface area contributed by atoms with E-state index in [9.17, 15) is 9.18 Å². The van der Waals surface area contributed by atoms with E-state index in [4.69, 9.17) is 20.9 Å². The van der Waals surface area contributed by atoms with Crippen molar-refractivity contribution in [3.63, 3.8) is 0 Å². The van der Waals surface area contributed by atoms with Gasteiger partial charge < -0.3 is 14.6 Å². The van der Waals surface area contributed by atoms with Crippen molar-refractivity contribution >= 4 is 23.2 Å². The van der Waals surface area contributed by atoms with Crippen LogP contribution in [0.4, 0.5) is 10.1 Å². The number of aryl methyl sites for hydroxylation is 1. The monoisotopic (exact) mass is 440 g/mol. The quantitative estimate of drug-likeness (QED) is 0.444. The maximum Gasteiger partial charge on any atom is 0.278 e. The molecule has 0 bridgehead atoms. The fraction of sp³-hybridized carbons (Fsp3) is 0.136. The van der Waals surface area contributed by atoms with Crippen molar-refractivity contribution in [1.29, 1.82) is 0 Å². The second-order valence-corrected chi connectivity index (χ2v) is 7.26. The Bertz CT molecular complexity index is 1200. The summed E-state index contributed by atoms with van der Waals surface area (Å²) in [6, 6.07) is 13.2. The molecule has 0 aliphatic rings. The molecule has 0 saturated heterocycles. The van der Waals surface area contributed by atoms with Crippen LogP contribution >= 0.6 is 11.6 Å². The molecule has 1 amide bonds. The summed E-state index contributed by atoms with van der Waals surface area (Å²) < 4.78 is 25.9. The van der Waals surface area contributed by atoms with Crippen molar-refractivity contribution in [2.45, 2.75) is 20.1 Å². The van der Waals surface area contributed by atoms with Crippen molar-refractivity contribution in [3.05, 3.63) is 94.3 Å². The maximum absolute atomic E-state index is 13.3. The van der Waals surface area contributed by atoms with Crippen LogP contribution in [0.1, 0.15) is 27.4 Å². The summed E-state index contributed by atoms with van der Waals surface area (Å²) in [6.07, 6.45) is 3.16. The molecule has 0 aliphatic heterocycles. The minimum absolute atomic E-state index is 0.110. The van der Waals surface area contributed by atoms with E-state index >= 15 is 0 Å². The highest BCUT2D eigenvalue weighted by Gasteiger charge is 2.21. The Labute approximate surface area is 182 Å². The molecule has 0 atom stereocenters. The number of halogens is 2. The summed E-state index contributed by atoms with van der Waals surface area (Å²) in [4.78, 5) is 12.7. The van der Waals surface area contributed by atoms with E-state index in [0.717, 1.165) is 5.56 Å². The van der Waals surface area contributed by atoms with Gasteiger partial charge in [-0.15, -0.1) is 0 Å². The van der Waals surface area contributed by atoms with Crippen LogP contribution < -0.4 is 10.1 Å². The van der Waals surface area contributed by atoms with Gasteiger partial charge in [0.1, 0.15) is 23.9 Å². The lowest BCUT2D eigenvalue weighted by Crippen LogP contribution is -2.15. The van der Waals surface area contributed by atoms with Crippen LogP contribution in [-0.4, -0.2) is 20.8 Å². The molecule has 0 aliphatic carbocycles. The van der Waals surface area contributed by atoms with E-state index in [2.05, 4.69) is 15.6 Å². The minimum atomic E-state index is -0.447. The van der Waals surface area contributed by atoms with E-state index in [1.54, 1.807) is 54.2 Å². The highest BCUT2D eigenvalue weighted by atomic mass is 35.5. The van der Waals surface area contributed by atoms with Gasteiger partial charge in [-0.2, -0.15) is 5.10 Å². The van der Waals surface area contributed by atoms with E-state index in [1.807, 2.05) is 0 Å². The summed E-state index contributed by atoms with van der Waals surface area (Å²) in [5.41, 5.74) is 1.91. The number of nitrogens with zero attached hydrogens (tertiary/aromatic N) is 3. The number of aromatic nitrogens is 3. The summed E-state index contributed by atoms with van der Waals surface area (Å²) in [5.74, 6) is 0.334. The van der Waals surface area contributed by atoms with E-state index < -0.39 is 5.91 Å². The predicted molar refractivity (Wildman–Crippen MR) is 113 cm³/mol. The third kappa shape index (κ3) is 5.10. The molecule has 7 nitrogen and oxygen atoms in total. The third-order valence-corrected chi connectivity index (χ3v) is 4.77. The Morgan fingerprint density at radius 3 is 2.84 bits per heavy atom. The Morgan fingerprint density at radius 2 is 2.06 bits per heavy atom. The molecule has 0 saturated carbocycles. The van der Waals surface area contributed by atoms with Gasteiger partial charge in [0.25, 0.3) is 5.91 Å². The number of carbonyl (C=O) groups is 1. The van der Waals surface area contributed by atoms with Crippen LogP contribution in [0.5, 0.6) is 5.75 Å². The average Bonchev–Trinajstić information content (AvgIpc) is 3.33. The standard InChI is InChI=1S/C22H18ClFN4O3/c1-14-20(13-30-19-7-5-16(23)6-8-19)21(27-31-14)22(29)26-18-10-25-28(12-18)11-15-3-2-4-17(24)9-15/h2-10,12H,11,13H2,1H3,(H,26,29). The molecule has 0 fully saturated rings. The largest absolute Gasteiger partial charge is 0.489 e. The molecular formula is C22H18ClFN4O3. The van der Waals surface area contributed by atoms with Crippen molar-refractivity contribution in [2.24, 2.45) is 0 Å². The normalized spacial score (nSPS) is 10.8. The number of anilines is 1. The zero-order valence-electron chi connectivity index (χ0n) is 16.5. The van der Waals surface area contributed by atoms with Gasteiger partial charge in [-0.05, 0) is 48.9 Å². The zero-order valence-corrected chi connectivity index (χ0v) is 17.3. The first-order chi connectivity index (χ1) is 15.0. The zero-order chi connectivity index (χ0) is 21.8. The lowest BCUT2D eigenvalue weighted by molar-refractivity contribution is 0.101. The van der Waals surface area contributed by atoms with E-state index in [0.29, 0.717) is 34.3 Å². The Kier molecular flexibility index (Phi) is 5.99. The van der Waals surface area contributed by atoms with Crippen LogP contribution in [-0.2, 0) is 13.2 Å². The fourth-order valence-corrected chi connectivity index (χ4v) is 3.08. The Hall–Kier alpha value is -3.65. The second kappa shape index (κ2) is 9.01. The molecule has 4 rings (SSSR count). The van der Waals surface area contributed by atoms with Crippen LogP contribution in [0.2, 0.25) is 5.02 Å². The smallest absolute Gasteiger partial charge is 0.278 e. The van der Waals surface area contributed by atoms with Gasteiger partial charge in [0, 0.05) is 11.2 Å². The number of amides is 1. The number of carbonyl (C=O) groups excluding carboxylic acids is 1. The van der Waals surface area contributed by atoms with Crippen molar-refractivity contribution in [2.75, 3.05) is 5.32 Å². The molecule has 0 unspecified atom stereocenters. The second-order valence-electron chi connectivity index (χ2n) is 6.82. The van der Waals surface area contributed by atoms with Gasteiger partial charge >= 0.3 is 0 Å². The maximum atomic E-state index is 13.3. The number of benzene rings is 2. The van der Waals surface area contributed by atoms with Gasteiger partial charge in [-0.3, -0.25) is 9.48 Å². The number of hydrogen-bond acceptors (Lipinski definition) is 5. The molecule has 0 spiro atoms. The summed E-state index contributed by atoms with van der Waals surface area (Å²) in [6.45, 7) is 2.19. The molecule has 2 aromatic heterocycles. The van der Waals surface area contributed by atoms with Gasteiger partial charge in [0.15, 0.2) is 5.69 Å².